The summed E-state index contributed by atoms with van der Waals surface area (Å²) in [6, 6.07) is 3.63. The number of nitrogens with zero attached hydrogens (tertiary/aromatic N) is 5. The number of carbonyl (C=O) groups excluding carboxylic acids is 1. The average molecular weight is 354 g/mol. The molecule has 0 aliphatic rings. The topological polar surface area (TPSA) is 72.6 Å². The molecule has 2 heterocycles. The van der Waals surface area contributed by atoms with Gasteiger partial charge in [-0.2, -0.15) is 17.7 Å². The number of aromatic nitrogens is 3. The van der Waals surface area contributed by atoms with E-state index in [1.165, 1.54) is 12.0 Å². The molecule has 9 heteroatoms. The molecule has 0 aliphatic carbocycles. The second-order valence-corrected chi connectivity index (χ2v) is 5.06. The van der Waals surface area contributed by atoms with E-state index in [9.17, 15) is 4.79 Å². The largest absolute Gasteiger partial charge is 0.399 e. The van der Waals surface area contributed by atoms with Crippen LogP contribution in [0.4, 0.5) is 5.69 Å². The number of amides is 1. The van der Waals surface area contributed by atoms with Crippen LogP contribution in [-0.2, 0) is 9.63 Å². The highest BCUT2D eigenvalue weighted by Gasteiger charge is 2.24. The Bertz CT molecular complexity index is 704. The van der Waals surface area contributed by atoms with E-state index in [1.807, 2.05) is 13.0 Å². The van der Waals surface area contributed by atoms with E-state index in [2.05, 4.69) is 32.7 Å². The van der Waals surface area contributed by atoms with Gasteiger partial charge in [-0.15, -0.1) is 0 Å². The van der Waals surface area contributed by atoms with Gasteiger partial charge in [-0.3, -0.25) is 9.78 Å². The number of carbonyl (C=O) groups is 1. The fourth-order valence-corrected chi connectivity index (χ4v) is 2.40. The van der Waals surface area contributed by atoms with E-state index >= 15 is 0 Å². The predicted molar refractivity (Wildman–Crippen MR) is 92.7 cm³/mol. The van der Waals surface area contributed by atoms with Crippen molar-refractivity contribution in [3.05, 3.63) is 35.9 Å². The normalized spacial score (nSPS) is 11.4. The number of halogens is 1. The first-order chi connectivity index (χ1) is 11.1. The zero-order valence-electron chi connectivity index (χ0n) is 12.7. The standard InChI is InChI=1S/C14H16ClN5O2S/c1-3-19(14(21)11(9-23)18-22-2)12-8-20(17-13(12)15)10-5-4-6-16-7-10/h4-8,23H,3,9H2,1-2H3/b18-11+. The number of rotatable bonds is 6. The van der Waals surface area contributed by atoms with Crippen LogP contribution < -0.4 is 4.90 Å². The van der Waals surface area contributed by atoms with Crippen molar-refractivity contribution < 1.29 is 9.63 Å². The van der Waals surface area contributed by atoms with Gasteiger partial charge >= 0.3 is 0 Å². The van der Waals surface area contributed by atoms with Crippen LogP contribution in [-0.4, -0.2) is 45.8 Å². The smallest absolute Gasteiger partial charge is 0.277 e. The molecule has 0 aliphatic heterocycles. The summed E-state index contributed by atoms with van der Waals surface area (Å²) < 4.78 is 1.56. The summed E-state index contributed by atoms with van der Waals surface area (Å²) in [5, 5.41) is 8.13. The van der Waals surface area contributed by atoms with Gasteiger partial charge in [-0.05, 0) is 19.1 Å². The molecule has 0 bridgehead atoms. The summed E-state index contributed by atoms with van der Waals surface area (Å²) in [5.41, 5.74) is 1.40. The molecule has 122 valence electrons. The molecule has 2 aromatic rings. The van der Waals surface area contributed by atoms with Crippen LogP contribution in [0.1, 0.15) is 6.92 Å². The number of pyridine rings is 1. The number of thiol groups is 1. The zero-order chi connectivity index (χ0) is 16.8. The lowest BCUT2D eigenvalue weighted by Gasteiger charge is -2.19. The Morgan fingerprint density at radius 2 is 2.35 bits per heavy atom. The average Bonchev–Trinajstić information content (AvgIpc) is 2.96. The first-order valence-corrected chi connectivity index (χ1v) is 7.81. The van der Waals surface area contributed by atoms with Crippen LogP contribution >= 0.6 is 24.2 Å². The van der Waals surface area contributed by atoms with Crippen molar-refractivity contribution in [3.8, 4) is 5.69 Å². The summed E-state index contributed by atoms with van der Waals surface area (Å²) >= 11 is 10.3. The molecule has 2 rings (SSSR count). The van der Waals surface area contributed by atoms with E-state index in [1.54, 1.807) is 29.3 Å². The van der Waals surface area contributed by atoms with Gasteiger partial charge < -0.3 is 9.74 Å². The Hall–Kier alpha value is -2.06. The Kier molecular flexibility index (Phi) is 6.00. The summed E-state index contributed by atoms with van der Waals surface area (Å²) in [4.78, 5) is 22.7. The third-order valence-corrected chi connectivity index (χ3v) is 3.58. The maximum atomic E-state index is 12.6. The van der Waals surface area contributed by atoms with Crippen molar-refractivity contribution in [2.45, 2.75) is 6.92 Å². The Morgan fingerprint density at radius 1 is 1.57 bits per heavy atom. The van der Waals surface area contributed by atoms with Crippen LogP contribution in [0.15, 0.2) is 35.9 Å². The highest BCUT2D eigenvalue weighted by Crippen LogP contribution is 2.26. The number of hydrogen-bond acceptors (Lipinski definition) is 6. The Labute approximate surface area is 144 Å². The monoisotopic (exact) mass is 353 g/mol. The van der Waals surface area contributed by atoms with Crippen molar-refractivity contribution >= 4 is 41.5 Å². The van der Waals surface area contributed by atoms with Crippen molar-refractivity contribution in [2.24, 2.45) is 5.16 Å². The minimum Gasteiger partial charge on any atom is -0.399 e. The molecule has 0 spiro atoms. The molecule has 0 N–H and O–H groups in total. The molecule has 1 amide bonds. The lowest BCUT2D eigenvalue weighted by Crippen LogP contribution is -2.37. The molecular formula is C14H16ClN5O2S. The highest BCUT2D eigenvalue weighted by atomic mass is 35.5. The van der Waals surface area contributed by atoms with Gasteiger partial charge in [0.2, 0.25) is 0 Å². The van der Waals surface area contributed by atoms with E-state index in [-0.39, 0.29) is 22.5 Å². The van der Waals surface area contributed by atoms with Gasteiger partial charge in [0.25, 0.3) is 5.91 Å². The second-order valence-electron chi connectivity index (χ2n) is 4.39. The summed E-state index contributed by atoms with van der Waals surface area (Å²) in [6.45, 7) is 2.23. The van der Waals surface area contributed by atoms with Crippen molar-refractivity contribution in [2.75, 3.05) is 24.3 Å². The lowest BCUT2D eigenvalue weighted by molar-refractivity contribution is -0.112. The maximum absolute atomic E-state index is 12.6. The number of anilines is 1. The minimum absolute atomic E-state index is 0.150. The molecule has 0 saturated carbocycles. The minimum atomic E-state index is -0.336. The molecule has 23 heavy (non-hydrogen) atoms. The quantitative estimate of drug-likeness (QED) is 0.491. The van der Waals surface area contributed by atoms with Gasteiger partial charge in [-0.25, -0.2) is 4.68 Å². The van der Waals surface area contributed by atoms with Crippen molar-refractivity contribution in [1.82, 2.24) is 14.8 Å². The van der Waals surface area contributed by atoms with Gasteiger partial charge in [0.05, 0.1) is 18.1 Å². The Morgan fingerprint density at radius 3 is 2.91 bits per heavy atom. The van der Waals surface area contributed by atoms with Crippen LogP contribution in [0.3, 0.4) is 0 Å². The lowest BCUT2D eigenvalue weighted by atomic mass is 10.3. The van der Waals surface area contributed by atoms with Crippen LogP contribution in [0.2, 0.25) is 5.15 Å². The molecular weight excluding hydrogens is 338 g/mol. The maximum Gasteiger partial charge on any atom is 0.277 e. The van der Waals surface area contributed by atoms with E-state index in [0.29, 0.717) is 12.2 Å². The molecule has 2 aromatic heterocycles. The van der Waals surface area contributed by atoms with Gasteiger partial charge in [-0.1, -0.05) is 16.8 Å². The van der Waals surface area contributed by atoms with E-state index < -0.39 is 0 Å². The molecule has 0 saturated heterocycles. The van der Waals surface area contributed by atoms with Gasteiger partial charge in [0, 0.05) is 18.5 Å². The van der Waals surface area contributed by atoms with Crippen molar-refractivity contribution in [1.29, 1.82) is 0 Å². The SMILES string of the molecule is CCN(C(=O)/C(CS)=N/OC)c1cn(-c2cccnc2)nc1Cl. The number of oxime groups is 1. The summed E-state index contributed by atoms with van der Waals surface area (Å²) in [7, 11) is 1.38. The molecule has 0 unspecified atom stereocenters. The first-order valence-electron chi connectivity index (χ1n) is 6.80. The zero-order valence-corrected chi connectivity index (χ0v) is 14.3. The fourth-order valence-electron chi connectivity index (χ4n) is 1.97. The third-order valence-electron chi connectivity index (χ3n) is 3.01. The van der Waals surface area contributed by atoms with E-state index in [4.69, 9.17) is 11.6 Å². The molecule has 0 fully saturated rings. The molecule has 7 nitrogen and oxygen atoms in total. The highest BCUT2D eigenvalue weighted by molar-refractivity contribution is 7.81. The summed E-state index contributed by atoms with van der Waals surface area (Å²) in [5.74, 6) is -0.186. The van der Waals surface area contributed by atoms with Crippen LogP contribution in [0, 0.1) is 0 Å². The van der Waals surface area contributed by atoms with Gasteiger partial charge in [0.1, 0.15) is 12.8 Å². The fraction of sp³-hybridized carbons (Fsp3) is 0.286. The van der Waals surface area contributed by atoms with Gasteiger partial charge in [0.15, 0.2) is 10.9 Å². The molecule has 0 aromatic carbocycles. The third kappa shape index (κ3) is 3.83. The van der Waals surface area contributed by atoms with Crippen LogP contribution in [0.25, 0.3) is 5.69 Å². The summed E-state index contributed by atoms with van der Waals surface area (Å²) in [6.07, 6.45) is 4.98. The molecule has 0 radical (unpaired) electrons. The van der Waals surface area contributed by atoms with Crippen molar-refractivity contribution in [3.63, 3.8) is 0 Å². The first kappa shape index (κ1) is 17.3. The van der Waals surface area contributed by atoms with E-state index in [0.717, 1.165) is 5.69 Å². The second kappa shape index (κ2) is 7.98. The predicted octanol–water partition coefficient (Wildman–Crippen LogP) is 2.21. The molecule has 0 atom stereocenters. The Balaban J connectivity index is 2.37. The number of hydrogen-bond donors (Lipinski definition) is 1. The van der Waals surface area contributed by atoms with Crippen LogP contribution in [0.5, 0.6) is 0 Å².